The minimum atomic E-state index is 0.0454. The number of hydrogen-bond donors (Lipinski definition) is 1. The molecule has 0 saturated heterocycles. The largest absolute Gasteiger partial charge is 0.492 e. The Kier molecular flexibility index (Phi) is 3.85. The first-order valence-corrected chi connectivity index (χ1v) is 7.42. The van der Waals surface area contributed by atoms with Gasteiger partial charge >= 0.3 is 0 Å². The van der Waals surface area contributed by atoms with Gasteiger partial charge in [-0.25, -0.2) is 0 Å². The molecule has 5 heteroatoms. The van der Waals surface area contributed by atoms with Crippen LogP contribution in [-0.4, -0.2) is 32.6 Å². The van der Waals surface area contributed by atoms with Gasteiger partial charge < -0.3 is 14.8 Å². The van der Waals surface area contributed by atoms with Crippen LogP contribution in [0, 0.1) is 0 Å². The summed E-state index contributed by atoms with van der Waals surface area (Å²) in [6, 6.07) is 0. The van der Waals surface area contributed by atoms with Gasteiger partial charge in [0.15, 0.2) is 5.78 Å². The van der Waals surface area contributed by atoms with Gasteiger partial charge in [0.2, 0.25) is 0 Å². The van der Waals surface area contributed by atoms with Gasteiger partial charge in [-0.1, -0.05) is 11.6 Å². The maximum Gasteiger partial charge on any atom is 0.180 e. The first kappa shape index (κ1) is 13.7. The summed E-state index contributed by atoms with van der Waals surface area (Å²) in [5.74, 6) is 1.43. The third-order valence-corrected chi connectivity index (χ3v) is 4.19. The fourth-order valence-corrected chi connectivity index (χ4v) is 3.28. The second-order valence-corrected chi connectivity index (χ2v) is 5.54. The van der Waals surface area contributed by atoms with Crippen LogP contribution in [0.4, 0.5) is 0 Å². The Labute approximate surface area is 123 Å². The van der Waals surface area contributed by atoms with E-state index < -0.39 is 0 Å². The van der Waals surface area contributed by atoms with Crippen LogP contribution in [0.1, 0.15) is 34.3 Å². The summed E-state index contributed by atoms with van der Waals surface area (Å²) < 4.78 is 11.5. The number of ketones is 1. The molecule has 1 N–H and O–H groups in total. The molecule has 0 saturated carbocycles. The summed E-state index contributed by atoms with van der Waals surface area (Å²) in [7, 11) is 1.77. The minimum Gasteiger partial charge on any atom is -0.492 e. The molecule has 4 nitrogen and oxygen atoms in total. The van der Waals surface area contributed by atoms with E-state index in [0.717, 1.165) is 36.8 Å². The van der Waals surface area contributed by atoms with Crippen molar-refractivity contribution in [2.45, 2.75) is 25.7 Å². The third-order valence-electron chi connectivity index (χ3n) is 3.79. The number of fused-ring (bicyclic) bond motifs is 2. The lowest BCUT2D eigenvalue weighted by Crippen LogP contribution is -2.25. The average molecular weight is 296 g/mol. The number of nitrogens with one attached hydrogen (secondary N) is 1. The molecule has 0 amide bonds. The first-order chi connectivity index (χ1) is 9.74. The van der Waals surface area contributed by atoms with E-state index in [-0.39, 0.29) is 5.78 Å². The standard InChI is InChI=1S/C15H18ClNO3/c1-17-8-11(18)12-9-4-2-7-20-15(9)13(16)10-5-3-6-19-14(10)12/h17H,2-8H2,1H3. The molecule has 1 aromatic rings. The van der Waals surface area contributed by atoms with Gasteiger partial charge in [-0.05, 0) is 32.7 Å². The molecule has 0 bridgehead atoms. The summed E-state index contributed by atoms with van der Waals surface area (Å²) in [5, 5.41) is 3.55. The zero-order chi connectivity index (χ0) is 14.1. The maximum absolute atomic E-state index is 12.5. The van der Waals surface area contributed by atoms with E-state index in [1.165, 1.54) is 0 Å². The van der Waals surface area contributed by atoms with Gasteiger partial charge in [-0.15, -0.1) is 0 Å². The van der Waals surface area contributed by atoms with Crippen molar-refractivity contribution in [2.75, 3.05) is 26.8 Å². The fourth-order valence-electron chi connectivity index (χ4n) is 2.93. The molecule has 0 spiro atoms. The highest BCUT2D eigenvalue weighted by molar-refractivity contribution is 6.33. The number of benzene rings is 1. The summed E-state index contributed by atoms with van der Waals surface area (Å²) in [5.41, 5.74) is 2.52. The number of rotatable bonds is 3. The van der Waals surface area contributed by atoms with Crippen LogP contribution < -0.4 is 14.8 Å². The second kappa shape index (κ2) is 5.62. The lowest BCUT2D eigenvalue weighted by molar-refractivity contribution is 0.0986. The average Bonchev–Trinajstić information content (AvgIpc) is 2.48. The molecule has 0 aliphatic carbocycles. The zero-order valence-electron chi connectivity index (χ0n) is 11.6. The van der Waals surface area contributed by atoms with Gasteiger partial charge in [0, 0.05) is 11.1 Å². The molecule has 108 valence electrons. The number of ether oxygens (including phenoxy) is 2. The van der Waals surface area contributed by atoms with Crippen molar-refractivity contribution in [1.82, 2.24) is 5.32 Å². The van der Waals surface area contributed by atoms with Crippen LogP contribution in [0.25, 0.3) is 0 Å². The molecule has 0 unspecified atom stereocenters. The highest BCUT2D eigenvalue weighted by atomic mass is 35.5. The van der Waals surface area contributed by atoms with E-state index >= 15 is 0 Å². The summed E-state index contributed by atoms with van der Waals surface area (Å²) in [4.78, 5) is 12.5. The predicted octanol–water partition coefficient (Wildman–Crippen LogP) is 2.39. The van der Waals surface area contributed by atoms with E-state index in [4.69, 9.17) is 21.1 Å². The van der Waals surface area contributed by atoms with E-state index in [0.29, 0.717) is 41.8 Å². The Morgan fingerprint density at radius 3 is 2.50 bits per heavy atom. The molecular weight excluding hydrogens is 278 g/mol. The number of Topliss-reactive ketones (excluding diaryl/α,β-unsaturated/α-hetero) is 1. The SMILES string of the molecule is CNCC(=O)c1c2c(c(Cl)c3c1OCCC3)OCCC2. The van der Waals surface area contributed by atoms with Crippen molar-refractivity contribution in [3.63, 3.8) is 0 Å². The maximum atomic E-state index is 12.5. The summed E-state index contributed by atoms with van der Waals surface area (Å²) >= 11 is 6.47. The lowest BCUT2D eigenvalue weighted by Gasteiger charge is -2.28. The van der Waals surface area contributed by atoms with Gasteiger partial charge in [-0.3, -0.25) is 4.79 Å². The fraction of sp³-hybridized carbons (Fsp3) is 0.533. The molecule has 3 rings (SSSR count). The van der Waals surface area contributed by atoms with Crippen molar-refractivity contribution >= 4 is 17.4 Å². The molecular formula is C15H18ClNO3. The molecule has 20 heavy (non-hydrogen) atoms. The molecule has 2 heterocycles. The van der Waals surface area contributed by atoms with E-state index in [1.807, 2.05) is 0 Å². The van der Waals surface area contributed by atoms with Crippen LogP contribution in [0.3, 0.4) is 0 Å². The molecule has 2 aliphatic heterocycles. The highest BCUT2D eigenvalue weighted by Gasteiger charge is 2.31. The van der Waals surface area contributed by atoms with Gasteiger partial charge in [-0.2, -0.15) is 0 Å². The number of hydrogen-bond acceptors (Lipinski definition) is 4. The summed E-state index contributed by atoms with van der Waals surface area (Å²) in [6.45, 7) is 1.60. The van der Waals surface area contributed by atoms with Crippen molar-refractivity contribution in [1.29, 1.82) is 0 Å². The molecule has 0 fully saturated rings. The molecule has 0 aromatic heterocycles. The number of carbonyl (C=O) groups is 1. The molecule has 0 atom stereocenters. The quantitative estimate of drug-likeness (QED) is 0.870. The van der Waals surface area contributed by atoms with Crippen LogP contribution in [0.2, 0.25) is 5.02 Å². The highest BCUT2D eigenvalue weighted by Crippen LogP contribution is 2.46. The van der Waals surface area contributed by atoms with E-state index in [9.17, 15) is 4.79 Å². The van der Waals surface area contributed by atoms with Crippen LogP contribution in [-0.2, 0) is 12.8 Å². The smallest absolute Gasteiger partial charge is 0.180 e. The van der Waals surface area contributed by atoms with Crippen molar-refractivity contribution in [3.8, 4) is 11.5 Å². The van der Waals surface area contributed by atoms with Crippen LogP contribution in [0.15, 0.2) is 0 Å². The Bertz CT molecular complexity index is 520. The van der Waals surface area contributed by atoms with E-state index in [2.05, 4.69) is 5.32 Å². The van der Waals surface area contributed by atoms with Crippen molar-refractivity contribution in [2.24, 2.45) is 0 Å². The topological polar surface area (TPSA) is 47.6 Å². The Morgan fingerprint density at radius 2 is 1.80 bits per heavy atom. The summed E-state index contributed by atoms with van der Waals surface area (Å²) in [6.07, 6.45) is 3.48. The number of likely N-dealkylation sites (N-methyl/N-ethyl adjacent to an activating group) is 1. The van der Waals surface area contributed by atoms with Crippen LogP contribution in [0.5, 0.6) is 11.5 Å². The first-order valence-electron chi connectivity index (χ1n) is 7.04. The predicted molar refractivity (Wildman–Crippen MR) is 77.3 cm³/mol. The second-order valence-electron chi connectivity index (χ2n) is 5.16. The Morgan fingerprint density at radius 1 is 1.15 bits per heavy atom. The van der Waals surface area contributed by atoms with Crippen molar-refractivity contribution in [3.05, 3.63) is 21.7 Å². The van der Waals surface area contributed by atoms with Gasteiger partial charge in [0.1, 0.15) is 11.5 Å². The van der Waals surface area contributed by atoms with Gasteiger partial charge in [0.25, 0.3) is 0 Å². The minimum absolute atomic E-state index is 0.0454. The van der Waals surface area contributed by atoms with Crippen LogP contribution >= 0.6 is 11.6 Å². The third kappa shape index (κ3) is 2.17. The lowest BCUT2D eigenvalue weighted by atomic mass is 9.91. The van der Waals surface area contributed by atoms with E-state index in [1.54, 1.807) is 7.05 Å². The Hall–Kier alpha value is -1.26. The zero-order valence-corrected chi connectivity index (χ0v) is 12.3. The number of carbonyl (C=O) groups excluding carboxylic acids is 1. The normalized spacial score (nSPS) is 16.7. The number of halogens is 1. The monoisotopic (exact) mass is 295 g/mol. The van der Waals surface area contributed by atoms with Gasteiger partial charge in [0.05, 0.1) is 30.3 Å². The molecule has 1 aromatic carbocycles. The Balaban J connectivity index is 2.21. The molecule has 0 radical (unpaired) electrons. The van der Waals surface area contributed by atoms with Crippen molar-refractivity contribution < 1.29 is 14.3 Å². The molecule has 2 aliphatic rings.